The highest BCUT2D eigenvalue weighted by atomic mass is 35.5. The molecule has 0 spiro atoms. The molecule has 90 valence electrons. The molecular formula is C11H12ClN3O2. The molecule has 1 aliphatic carbocycles. The smallest absolute Gasteiger partial charge is 0.292 e. The maximum atomic E-state index is 11.7. The van der Waals surface area contributed by atoms with Crippen LogP contribution in [0.1, 0.15) is 12.8 Å². The fourth-order valence-electron chi connectivity index (χ4n) is 1.25. The van der Waals surface area contributed by atoms with Gasteiger partial charge in [-0.05, 0) is 37.1 Å². The molecule has 1 saturated carbocycles. The molecule has 1 fully saturated rings. The van der Waals surface area contributed by atoms with E-state index in [0.717, 1.165) is 12.8 Å². The first-order chi connectivity index (χ1) is 8.19. The van der Waals surface area contributed by atoms with Gasteiger partial charge in [0.25, 0.3) is 5.91 Å². The normalized spacial score (nSPS) is 15.5. The van der Waals surface area contributed by atoms with Crippen molar-refractivity contribution in [1.29, 1.82) is 0 Å². The first kappa shape index (κ1) is 11.9. The Bertz CT molecular complexity index is 441. The Morgan fingerprint density at radius 3 is 2.53 bits per heavy atom. The monoisotopic (exact) mass is 253 g/mol. The van der Waals surface area contributed by atoms with Gasteiger partial charge in [-0.2, -0.15) is 0 Å². The van der Waals surface area contributed by atoms with E-state index in [1.165, 1.54) is 0 Å². The SMILES string of the molecule is O=C(Nc1ccc(Cl)cc1)C(=NC1CC1)NO. The molecule has 1 aromatic carbocycles. The van der Waals surface area contributed by atoms with Crippen molar-refractivity contribution in [2.24, 2.45) is 4.99 Å². The number of carbonyl (C=O) groups excluding carboxylic acids is 1. The lowest BCUT2D eigenvalue weighted by Gasteiger charge is -2.06. The molecule has 0 unspecified atom stereocenters. The van der Waals surface area contributed by atoms with Gasteiger partial charge in [-0.3, -0.25) is 15.0 Å². The molecule has 0 aromatic heterocycles. The summed E-state index contributed by atoms with van der Waals surface area (Å²) in [4.78, 5) is 15.7. The standard InChI is InChI=1S/C11H12ClN3O2/c12-7-1-3-9(4-2-7)14-11(16)10(15-17)13-8-5-6-8/h1-4,8,17H,5-6H2,(H,13,15)(H,14,16). The molecule has 3 N–H and O–H groups in total. The summed E-state index contributed by atoms with van der Waals surface area (Å²) in [5.41, 5.74) is 2.41. The summed E-state index contributed by atoms with van der Waals surface area (Å²) < 4.78 is 0. The van der Waals surface area contributed by atoms with Gasteiger partial charge in [-0.15, -0.1) is 0 Å². The predicted molar refractivity (Wildman–Crippen MR) is 65.5 cm³/mol. The van der Waals surface area contributed by atoms with Crippen molar-refractivity contribution < 1.29 is 10.0 Å². The summed E-state index contributed by atoms with van der Waals surface area (Å²) in [6, 6.07) is 6.84. The Labute approximate surface area is 103 Å². The first-order valence-corrected chi connectivity index (χ1v) is 5.61. The zero-order chi connectivity index (χ0) is 12.3. The molecule has 0 atom stereocenters. The van der Waals surface area contributed by atoms with Gasteiger partial charge in [0, 0.05) is 10.7 Å². The summed E-state index contributed by atoms with van der Waals surface area (Å²) in [5.74, 6) is -0.538. The Hall–Kier alpha value is -1.59. The number of carbonyl (C=O) groups is 1. The Kier molecular flexibility index (Phi) is 3.61. The van der Waals surface area contributed by atoms with Gasteiger partial charge in [0.15, 0.2) is 0 Å². The zero-order valence-corrected chi connectivity index (χ0v) is 9.74. The Balaban J connectivity index is 2.02. The van der Waals surface area contributed by atoms with E-state index in [1.54, 1.807) is 24.3 Å². The van der Waals surface area contributed by atoms with E-state index in [1.807, 2.05) is 5.48 Å². The van der Waals surface area contributed by atoms with Crippen LogP contribution in [0, 0.1) is 0 Å². The quantitative estimate of drug-likeness (QED) is 0.428. The second-order valence-electron chi connectivity index (χ2n) is 3.78. The molecule has 0 bridgehead atoms. The number of halogens is 1. The number of anilines is 1. The minimum absolute atomic E-state index is 0.0672. The van der Waals surface area contributed by atoms with Crippen molar-refractivity contribution in [2.45, 2.75) is 18.9 Å². The average Bonchev–Trinajstić information content (AvgIpc) is 3.13. The van der Waals surface area contributed by atoms with Crippen LogP contribution in [0.3, 0.4) is 0 Å². The molecule has 6 heteroatoms. The number of aliphatic imine (C=N–C) groups is 1. The summed E-state index contributed by atoms with van der Waals surface area (Å²) in [5, 5.41) is 12.0. The molecule has 1 amide bonds. The number of amidine groups is 1. The van der Waals surface area contributed by atoms with Gasteiger partial charge < -0.3 is 5.32 Å². The van der Waals surface area contributed by atoms with Crippen LogP contribution in [-0.4, -0.2) is 23.0 Å². The third-order valence-corrected chi connectivity index (χ3v) is 2.53. The second kappa shape index (κ2) is 5.16. The van der Waals surface area contributed by atoms with E-state index >= 15 is 0 Å². The van der Waals surface area contributed by atoms with Crippen molar-refractivity contribution in [2.75, 3.05) is 5.32 Å². The fourth-order valence-corrected chi connectivity index (χ4v) is 1.37. The highest BCUT2D eigenvalue weighted by Gasteiger charge is 2.23. The number of hydrogen-bond acceptors (Lipinski definition) is 3. The van der Waals surface area contributed by atoms with E-state index in [4.69, 9.17) is 16.8 Å². The van der Waals surface area contributed by atoms with Gasteiger partial charge >= 0.3 is 0 Å². The van der Waals surface area contributed by atoms with Gasteiger partial charge in [0.05, 0.1) is 6.04 Å². The van der Waals surface area contributed by atoms with E-state index < -0.39 is 5.91 Å². The number of rotatable bonds is 2. The van der Waals surface area contributed by atoms with Crippen LogP contribution < -0.4 is 10.8 Å². The van der Waals surface area contributed by atoms with Crippen molar-refractivity contribution in [3.8, 4) is 0 Å². The molecule has 0 saturated heterocycles. The van der Waals surface area contributed by atoms with Gasteiger partial charge in [-0.1, -0.05) is 11.6 Å². The fraction of sp³-hybridized carbons (Fsp3) is 0.273. The van der Waals surface area contributed by atoms with Crippen molar-refractivity contribution in [3.63, 3.8) is 0 Å². The molecule has 2 rings (SSSR count). The molecule has 1 aliphatic rings. The predicted octanol–water partition coefficient (Wildman–Crippen LogP) is 1.82. The van der Waals surface area contributed by atoms with Crippen LogP contribution in [0.4, 0.5) is 5.69 Å². The van der Waals surface area contributed by atoms with Gasteiger partial charge in [0.2, 0.25) is 5.84 Å². The van der Waals surface area contributed by atoms with E-state index in [0.29, 0.717) is 10.7 Å². The van der Waals surface area contributed by atoms with Crippen LogP contribution >= 0.6 is 11.6 Å². The minimum Gasteiger partial charge on any atom is -0.319 e. The number of hydrogen-bond donors (Lipinski definition) is 3. The maximum Gasteiger partial charge on any atom is 0.292 e. The van der Waals surface area contributed by atoms with Crippen molar-refractivity contribution in [3.05, 3.63) is 29.3 Å². The molecule has 0 aliphatic heterocycles. The number of benzene rings is 1. The van der Waals surface area contributed by atoms with Crippen LogP contribution in [-0.2, 0) is 4.79 Å². The molecular weight excluding hydrogens is 242 g/mol. The third-order valence-electron chi connectivity index (χ3n) is 2.28. The van der Waals surface area contributed by atoms with Crippen molar-refractivity contribution >= 4 is 29.0 Å². The average molecular weight is 254 g/mol. The summed E-state index contributed by atoms with van der Waals surface area (Å²) >= 11 is 5.73. The minimum atomic E-state index is -0.471. The summed E-state index contributed by atoms with van der Waals surface area (Å²) in [7, 11) is 0. The number of amides is 1. The van der Waals surface area contributed by atoms with Crippen LogP contribution in [0.2, 0.25) is 5.02 Å². The molecule has 5 nitrogen and oxygen atoms in total. The largest absolute Gasteiger partial charge is 0.319 e. The molecule has 1 aromatic rings. The zero-order valence-electron chi connectivity index (χ0n) is 8.98. The van der Waals surface area contributed by atoms with Crippen molar-refractivity contribution in [1.82, 2.24) is 5.48 Å². The Morgan fingerprint density at radius 2 is 2.00 bits per heavy atom. The van der Waals surface area contributed by atoms with E-state index in [9.17, 15) is 4.79 Å². The van der Waals surface area contributed by atoms with E-state index in [-0.39, 0.29) is 11.9 Å². The van der Waals surface area contributed by atoms with Gasteiger partial charge in [-0.25, -0.2) is 5.48 Å². The maximum absolute atomic E-state index is 11.7. The lowest BCUT2D eigenvalue weighted by molar-refractivity contribution is -0.110. The molecule has 17 heavy (non-hydrogen) atoms. The third kappa shape index (κ3) is 3.44. The molecule has 0 heterocycles. The van der Waals surface area contributed by atoms with E-state index in [2.05, 4.69) is 10.3 Å². The van der Waals surface area contributed by atoms with Crippen LogP contribution in [0.15, 0.2) is 29.3 Å². The highest BCUT2D eigenvalue weighted by Crippen LogP contribution is 2.23. The molecule has 0 radical (unpaired) electrons. The number of nitrogens with zero attached hydrogens (tertiary/aromatic N) is 1. The van der Waals surface area contributed by atoms with Crippen LogP contribution in [0.5, 0.6) is 0 Å². The number of nitrogens with one attached hydrogen (secondary N) is 2. The first-order valence-electron chi connectivity index (χ1n) is 5.24. The number of hydroxylamine groups is 1. The lowest BCUT2D eigenvalue weighted by atomic mass is 10.3. The summed E-state index contributed by atoms with van der Waals surface area (Å²) in [6.45, 7) is 0. The lowest BCUT2D eigenvalue weighted by Crippen LogP contribution is -2.34. The Morgan fingerprint density at radius 1 is 1.35 bits per heavy atom. The topological polar surface area (TPSA) is 73.7 Å². The van der Waals surface area contributed by atoms with Gasteiger partial charge in [0.1, 0.15) is 0 Å². The van der Waals surface area contributed by atoms with Crippen LogP contribution in [0.25, 0.3) is 0 Å². The highest BCUT2D eigenvalue weighted by molar-refractivity contribution is 6.41. The second-order valence-corrected chi connectivity index (χ2v) is 4.22. The summed E-state index contributed by atoms with van der Waals surface area (Å²) in [6.07, 6.45) is 1.92.